The van der Waals surface area contributed by atoms with Gasteiger partial charge in [-0.25, -0.2) is 0 Å². The Morgan fingerprint density at radius 3 is 2.54 bits per heavy atom. The average Bonchev–Trinajstić information content (AvgIpc) is 2.64. The lowest BCUT2D eigenvalue weighted by Crippen LogP contribution is -2.18. The highest BCUT2D eigenvalue weighted by Crippen LogP contribution is 2.42. The Balaban J connectivity index is 2.02. The molecule has 1 N–H and O–H groups in total. The molecule has 0 saturated heterocycles. The molecule has 142 valence electrons. The van der Waals surface area contributed by atoms with Crippen LogP contribution in [0.4, 0.5) is 0 Å². The minimum atomic E-state index is -0.257. The predicted octanol–water partition coefficient (Wildman–Crippen LogP) is 5.59. The number of rotatable bonds is 3. The molecule has 2 aromatic carbocycles. The molecule has 28 heavy (non-hydrogen) atoms. The molecule has 0 bridgehead atoms. The van der Waals surface area contributed by atoms with Crippen LogP contribution in [0.2, 0.25) is 0 Å². The fourth-order valence-electron chi connectivity index (χ4n) is 3.33. The second kappa shape index (κ2) is 6.80. The molecule has 0 spiro atoms. The molecule has 0 aromatic heterocycles. The van der Waals surface area contributed by atoms with E-state index in [0.717, 1.165) is 27.6 Å². The van der Waals surface area contributed by atoms with Gasteiger partial charge in [-0.05, 0) is 56.2 Å². The molecule has 4 rings (SSSR count). The van der Waals surface area contributed by atoms with E-state index in [2.05, 4.69) is 0 Å². The number of ether oxygens (including phenoxy) is 1. The van der Waals surface area contributed by atoms with Crippen molar-refractivity contribution in [2.75, 3.05) is 0 Å². The number of benzene rings is 3. The van der Waals surface area contributed by atoms with Crippen LogP contribution in [-0.4, -0.2) is 10.7 Å². The summed E-state index contributed by atoms with van der Waals surface area (Å²) in [5.41, 5.74) is 4.02. The van der Waals surface area contributed by atoms with E-state index in [1.165, 1.54) is 6.07 Å². The summed E-state index contributed by atoms with van der Waals surface area (Å²) in [5.74, 6) is 0.608. The Bertz CT molecular complexity index is 1180. The SMILES string of the molecule is CC(C)(C)OCc1ccccc1-c1c2ccc(=O)cc-2oc2cc(O)ccc12. The van der Waals surface area contributed by atoms with Crippen molar-refractivity contribution in [3.8, 4) is 28.2 Å². The minimum Gasteiger partial charge on any atom is -0.508 e. The smallest absolute Gasteiger partial charge is 0.182 e. The van der Waals surface area contributed by atoms with Crippen LogP contribution in [0.5, 0.6) is 5.75 Å². The second-order valence-corrected chi connectivity index (χ2v) is 7.87. The first-order valence-electron chi connectivity index (χ1n) is 9.24. The summed E-state index contributed by atoms with van der Waals surface area (Å²) in [5, 5.41) is 10.8. The Kier molecular flexibility index (Phi) is 4.44. The number of phenolic OH excluding ortho intramolecular Hbond substituents is 1. The van der Waals surface area contributed by atoms with Crippen LogP contribution >= 0.6 is 0 Å². The highest BCUT2D eigenvalue weighted by Gasteiger charge is 2.20. The second-order valence-electron chi connectivity index (χ2n) is 7.87. The summed E-state index contributed by atoms with van der Waals surface area (Å²) in [7, 11) is 0. The van der Waals surface area contributed by atoms with Gasteiger partial charge < -0.3 is 14.3 Å². The maximum Gasteiger partial charge on any atom is 0.182 e. The first-order valence-corrected chi connectivity index (χ1v) is 9.24. The third kappa shape index (κ3) is 3.51. The van der Waals surface area contributed by atoms with Crippen molar-refractivity contribution in [3.63, 3.8) is 0 Å². The highest BCUT2D eigenvalue weighted by atomic mass is 16.5. The molecule has 4 nitrogen and oxygen atoms in total. The third-order valence-electron chi connectivity index (χ3n) is 4.62. The van der Waals surface area contributed by atoms with Crippen LogP contribution in [-0.2, 0) is 11.3 Å². The Morgan fingerprint density at radius 1 is 0.964 bits per heavy atom. The van der Waals surface area contributed by atoms with E-state index >= 15 is 0 Å². The predicted molar refractivity (Wildman–Crippen MR) is 111 cm³/mol. The van der Waals surface area contributed by atoms with Gasteiger partial charge in [0.2, 0.25) is 0 Å². The zero-order valence-corrected chi connectivity index (χ0v) is 16.2. The van der Waals surface area contributed by atoms with Gasteiger partial charge in [0.05, 0.1) is 12.2 Å². The molecule has 0 unspecified atom stereocenters. The Hall–Kier alpha value is -3.11. The molecule has 2 aromatic rings. The standard InChI is InChI=1S/C24H22O4/c1-24(2,3)27-14-15-6-4-5-7-18(15)23-19-10-8-16(25)12-21(19)28-22-13-17(26)9-11-20(22)23/h4-13,25H,14H2,1-3H3. The quantitative estimate of drug-likeness (QED) is 0.475. The van der Waals surface area contributed by atoms with E-state index in [4.69, 9.17) is 9.15 Å². The lowest BCUT2D eigenvalue weighted by Gasteiger charge is -2.22. The number of aromatic hydroxyl groups is 1. The molecular weight excluding hydrogens is 352 g/mol. The summed E-state index contributed by atoms with van der Waals surface area (Å²) >= 11 is 0. The molecule has 0 fully saturated rings. The van der Waals surface area contributed by atoms with Gasteiger partial charge in [0.15, 0.2) is 5.43 Å². The van der Waals surface area contributed by atoms with Crippen molar-refractivity contribution in [2.24, 2.45) is 0 Å². The van der Waals surface area contributed by atoms with Crippen LogP contribution in [0.25, 0.3) is 33.4 Å². The largest absolute Gasteiger partial charge is 0.508 e. The van der Waals surface area contributed by atoms with Crippen molar-refractivity contribution in [3.05, 3.63) is 76.5 Å². The monoisotopic (exact) mass is 374 g/mol. The molecule has 4 heteroatoms. The molecule has 1 aliphatic carbocycles. The number of hydrogen-bond acceptors (Lipinski definition) is 4. The lowest BCUT2D eigenvalue weighted by molar-refractivity contribution is -0.0147. The van der Waals surface area contributed by atoms with Gasteiger partial charge in [-0.2, -0.15) is 0 Å². The van der Waals surface area contributed by atoms with Crippen molar-refractivity contribution in [1.82, 2.24) is 0 Å². The first-order chi connectivity index (χ1) is 13.3. The van der Waals surface area contributed by atoms with E-state index in [9.17, 15) is 9.90 Å². The molecule has 0 amide bonds. The summed E-state index contributed by atoms with van der Waals surface area (Å²) in [6.45, 7) is 6.55. The zero-order valence-electron chi connectivity index (χ0n) is 16.2. The molecule has 2 aliphatic rings. The number of hydrogen-bond donors (Lipinski definition) is 1. The molecule has 0 atom stereocenters. The van der Waals surface area contributed by atoms with Crippen molar-refractivity contribution >= 4 is 11.0 Å². The van der Waals surface area contributed by atoms with Gasteiger partial charge in [-0.1, -0.05) is 24.3 Å². The van der Waals surface area contributed by atoms with Gasteiger partial charge in [0, 0.05) is 28.6 Å². The molecule has 0 radical (unpaired) electrons. The Labute approximate surface area is 163 Å². The summed E-state index contributed by atoms with van der Waals surface area (Å²) < 4.78 is 12.0. The molecular formula is C24H22O4. The van der Waals surface area contributed by atoms with Crippen LogP contribution in [0, 0.1) is 0 Å². The van der Waals surface area contributed by atoms with Crippen LogP contribution in [0.1, 0.15) is 26.3 Å². The third-order valence-corrected chi connectivity index (χ3v) is 4.62. The van der Waals surface area contributed by atoms with E-state index in [-0.39, 0.29) is 16.8 Å². The van der Waals surface area contributed by atoms with Crippen molar-refractivity contribution in [1.29, 1.82) is 0 Å². The normalized spacial score (nSPS) is 12.0. The fraction of sp³-hybridized carbons (Fsp3) is 0.208. The lowest BCUT2D eigenvalue weighted by atomic mass is 9.91. The summed E-state index contributed by atoms with van der Waals surface area (Å²) in [6.07, 6.45) is 0. The maximum absolute atomic E-state index is 11.9. The topological polar surface area (TPSA) is 59.7 Å². The van der Waals surface area contributed by atoms with Gasteiger partial charge >= 0.3 is 0 Å². The van der Waals surface area contributed by atoms with E-state index in [1.54, 1.807) is 24.3 Å². The van der Waals surface area contributed by atoms with Gasteiger partial charge in [-0.15, -0.1) is 0 Å². The molecule has 1 aliphatic heterocycles. The number of fused-ring (bicyclic) bond motifs is 2. The van der Waals surface area contributed by atoms with E-state index < -0.39 is 0 Å². The highest BCUT2D eigenvalue weighted by molar-refractivity contribution is 6.02. The first kappa shape index (κ1) is 18.3. The van der Waals surface area contributed by atoms with Crippen LogP contribution < -0.4 is 5.43 Å². The Morgan fingerprint density at radius 2 is 1.75 bits per heavy atom. The number of phenols is 1. The van der Waals surface area contributed by atoms with Crippen molar-refractivity contribution < 1.29 is 14.3 Å². The molecule has 1 heterocycles. The van der Waals surface area contributed by atoms with E-state index in [1.807, 2.05) is 51.1 Å². The van der Waals surface area contributed by atoms with E-state index in [0.29, 0.717) is 18.0 Å². The maximum atomic E-state index is 11.9. The summed E-state index contributed by atoms with van der Waals surface area (Å²) in [6, 6.07) is 18.0. The summed E-state index contributed by atoms with van der Waals surface area (Å²) in [4.78, 5) is 11.9. The van der Waals surface area contributed by atoms with Crippen LogP contribution in [0.3, 0.4) is 0 Å². The fourth-order valence-corrected chi connectivity index (χ4v) is 3.33. The molecule has 0 saturated carbocycles. The van der Waals surface area contributed by atoms with Crippen molar-refractivity contribution in [2.45, 2.75) is 33.0 Å². The van der Waals surface area contributed by atoms with Gasteiger partial charge in [0.25, 0.3) is 0 Å². The zero-order chi connectivity index (χ0) is 19.9. The minimum absolute atomic E-state index is 0.115. The van der Waals surface area contributed by atoms with Gasteiger partial charge in [0.1, 0.15) is 17.1 Å². The van der Waals surface area contributed by atoms with Crippen LogP contribution in [0.15, 0.2) is 69.9 Å². The van der Waals surface area contributed by atoms with Gasteiger partial charge in [-0.3, -0.25) is 4.79 Å². The average molecular weight is 374 g/mol.